The van der Waals surface area contributed by atoms with Crippen molar-refractivity contribution in [3.63, 3.8) is 0 Å². The van der Waals surface area contributed by atoms with Gasteiger partial charge < -0.3 is 5.73 Å². The molecule has 0 aliphatic rings. The van der Waals surface area contributed by atoms with Gasteiger partial charge in [0.25, 0.3) is 0 Å². The summed E-state index contributed by atoms with van der Waals surface area (Å²) in [5, 5.41) is 4.29. The van der Waals surface area contributed by atoms with E-state index in [1.54, 1.807) is 0 Å². The molecular weight excluding hydrogens is 328 g/mol. The molecule has 0 spiro atoms. The van der Waals surface area contributed by atoms with Crippen molar-refractivity contribution in [3.05, 3.63) is 52.3 Å². The van der Waals surface area contributed by atoms with Crippen LogP contribution in [0.25, 0.3) is 0 Å². The first-order valence-corrected chi connectivity index (χ1v) is 8.00. The molecule has 21 heavy (non-hydrogen) atoms. The predicted molar refractivity (Wildman–Crippen MR) is 89.8 cm³/mol. The summed E-state index contributed by atoms with van der Waals surface area (Å²) in [4.78, 5) is 2.30. The molecule has 0 saturated heterocycles. The number of hydrogen-bond acceptors (Lipinski definition) is 3. The van der Waals surface area contributed by atoms with Gasteiger partial charge in [-0.25, -0.2) is 0 Å². The van der Waals surface area contributed by atoms with E-state index >= 15 is 0 Å². The maximum atomic E-state index is 6.36. The van der Waals surface area contributed by atoms with E-state index in [1.165, 1.54) is 11.1 Å². The lowest BCUT2D eigenvalue weighted by Gasteiger charge is -2.32. The Balaban J connectivity index is 2.22. The van der Waals surface area contributed by atoms with Crippen LogP contribution in [0.2, 0.25) is 0 Å². The molecule has 1 aromatic heterocycles. The molecule has 2 rings (SSSR count). The molecule has 2 N–H and O–H groups in total. The van der Waals surface area contributed by atoms with E-state index in [-0.39, 0.29) is 12.1 Å². The van der Waals surface area contributed by atoms with Crippen molar-refractivity contribution in [2.24, 2.45) is 12.8 Å². The summed E-state index contributed by atoms with van der Waals surface area (Å²) in [7, 11) is 4.05. The molecule has 2 atom stereocenters. The fourth-order valence-electron chi connectivity index (χ4n) is 2.64. The molecule has 0 saturated carbocycles. The van der Waals surface area contributed by atoms with Gasteiger partial charge in [-0.2, -0.15) is 5.10 Å². The van der Waals surface area contributed by atoms with E-state index in [1.807, 2.05) is 24.0 Å². The van der Waals surface area contributed by atoms with Crippen LogP contribution in [-0.4, -0.2) is 27.8 Å². The van der Waals surface area contributed by atoms with Gasteiger partial charge >= 0.3 is 0 Å². The molecular formula is C16H23BrN4. The summed E-state index contributed by atoms with van der Waals surface area (Å²) in [5.41, 5.74) is 8.79. The maximum absolute atomic E-state index is 6.36. The van der Waals surface area contributed by atoms with E-state index < -0.39 is 0 Å². The Kier molecular flexibility index (Phi) is 5.56. The number of likely N-dealkylation sites (N-methyl/N-ethyl adjacent to an activating group) is 1. The van der Waals surface area contributed by atoms with Crippen molar-refractivity contribution in [2.45, 2.75) is 32.0 Å². The molecule has 0 radical (unpaired) electrons. The topological polar surface area (TPSA) is 47.1 Å². The van der Waals surface area contributed by atoms with Crippen LogP contribution in [0.3, 0.4) is 0 Å². The maximum Gasteiger partial charge on any atom is 0.0538 e. The summed E-state index contributed by atoms with van der Waals surface area (Å²) in [6.45, 7) is 2.97. The van der Waals surface area contributed by atoms with E-state index in [0.717, 1.165) is 17.4 Å². The molecule has 0 aliphatic carbocycles. The average Bonchev–Trinajstić information content (AvgIpc) is 2.87. The molecule has 0 bridgehead atoms. The smallest absolute Gasteiger partial charge is 0.0538 e. The third-order valence-electron chi connectivity index (χ3n) is 3.80. The minimum Gasteiger partial charge on any atom is -0.326 e. The fraction of sp³-hybridized carbons (Fsp3) is 0.438. The van der Waals surface area contributed by atoms with E-state index in [9.17, 15) is 0 Å². The first-order chi connectivity index (χ1) is 10.0. The number of aromatic nitrogens is 2. The number of aryl methyl sites for hydroxylation is 1. The Bertz CT molecular complexity index is 581. The molecule has 2 unspecified atom stereocenters. The molecule has 2 aromatic rings. The van der Waals surface area contributed by atoms with Crippen molar-refractivity contribution >= 4 is 15.9 Å². The molecule has 114 valence electrons. The number of halogens is 1. The minimum absolute atomic E-state index is 0.0849. The quantitative estimate of drug-likeness (QED) is 0.870. The van der Waals surface area contributed by atoms with Gasteiger partial charge in [0.05, 0.1) is 12.2 Å². The third-order valence-corrected chi connectivity index (χ3v) is 4.57. The van der Waals surface area contributed by atoms with Crippen molar-refractivity contribution in [3.8, 4) is 0 Å². The highest BCUT2D eigenvalue weighted by molar-refractivity contribution is 9.10. The second-order valence-corrected chi connectivity index (χ2v) is 6.33. The van der Waals surface area contributed by atoms with E-state index in [0.29, 0.717) is 0 Å². The summed E-state index contributed by atoms with van der Waals surface area (Å²) in [6, 6.07) is 8.55. The highest BCUT2D eigenvalue weighted by Gasteiger charge is 2.24. The normalized spacial score (nSPS) is 14.4. The molecule has 1 aromatic carbocycles. The Labute approximate surface area is 135 Å². The molecule has 4 nitrogen and oxygen atoms in total. The van der Waals surface area contributed by atoms with Gasteiger partial charge in [-0.15, -0.1) is 0 Å². The van der Waals surface area contributed by atoms with Crippen molar-refractivity contribution in [1.29, 1.82) is 0 Å². The summed E-state index contributed by atoms with van der Waals surface area (Å²) < 4.78 is 2.96. The molecule has 1 heterocycles. The Morgan fingerprint density at radius 2 is 2.10 bits per heavy atom. The van der Waals surface area contributed by atoms with Crippen LogP contribution in [0.4, 0.5) is 0 Å². The van der Waals surface area contributed by atoms with Gasteiger partial charge in [0.1, 0.15) is 0 Å². The highest BCUT2D eigenvalue weighted by atomic mass is 79.9. The van der Waals surface area contributed by atoms with Crippen LogP contribution in [0.5, 0.6) is 0 Å². The van der Waals surface area contributed by atoms with Crippen molar-refractivity contribution in [1.82, 2.24) is 14.7 Å². The van der Waals surface area contributed by atoms with E-state index in [2.05, 4.69) is 64.3 Å². The lowest BCUT2D eigenvalue weighted by atomic mass is 9.99. The van der Waals surface area contributed by atoms with Crippen LogP contribution in [-0.2, 0) is 13.6 Å². The highest BCUT2D eigenvalue weighted by Crippen LogP contribution is 2.27. The van der Waals surface area contributed by atoms with Gasteiger partial charge in [0.15, 0.2) is 0 Å². The lowest BCUT2D eigenvalue weighted by molar-refractivity contribution is 0.201. The zero-order valence-corrected chi connectivity index (χ0v) is 14.4. The van der Waals surface area contributed by atoms with E-state index in [4.69, 9.17) is 5.73 Å². The second-order valence-electron chi connectivity index (χ2n) is 5.47. The van der Waals surface area contributed by atoms with Crippen LogP contribution < -0.4 is 5.73 Å². The van der Waals surface area contributed by atoms with Gasteiger partial charge in [-0.05, 0) is 25.1 Å². The van der Waals surface area contributed by atoms with Crippen LogP contribution >= 0.6 is 15.9 Å². The molecule has 0 fully saturated rings. The third kappa shape index (κ3) is 3.93. The Hall–Kier alpha value is -1.17. The van der Waals surface area contributed by atoms with Crippen molar-refractivity contribution < 1.29 is 0 Å². The number of benzene rings is 1. The zero-order chi connectivity index (χ0) is 15.4. The van der Waals surface area contributed by atoms with Crippen LogP contribution in [0.1, 0.15) is 30.5 Å². The monoisotopic (exact) mass is 350 g/mol. The number of nitrogens with zero attached hydrogens (tertiary/aromatic N) is 3. The van der Waals surface area contributed by atoms with Gasteiger partial charge in [-0.3, -0.25) is 9.58 Å². The Morgan fingerprint density at radius 1 is 1.38 bits per heavy atom. The second kappa shape index (κ2) is 7.20. The fourth-order valence-corrected chi connectivity index (χ4v) is 3.05. The average molecular weight is 351 g/mol. The first kappa shape index (κ1) is 16.2. The number of nitrogens with two attached hydrogens (primary N) is 1. The first-order valence-electron chi connectivity index (χ1n) is 7.20. The summed E-state index contributed by atoms with van der Waals surface area (Å²) in [5.74, 6) is 0. The molecule has 0 amide bonds. The lowest BCUT2D eigenvalue weighted by Crippen LogP contribution is -2.38. The van der Waals surface area contributed by atoms with Gasteiger partial charge in [0.2, 0.25) is 0 Å². The summed E-state index contributed by atoms with van der Waals surface area (Å²) in [6.07, 6.45) is 4.90. The zero-order valence-electron chi connectivity index (χ0n) is 12.8. The van der Waals surface area contributed by atoms with Crippen LogP contribution in [0, 0.1) is 0 Å². The number of rotatable bonds is 6. The molecule has 5 heteroatoms. The standard InChI is InChI=1S/C16H23BrN4/c1-4-15(18)16(13-9-19-21(3)11-13)20(2)10-12-7-5-6-8-14(12)17/h5-9,11,15-16H,4,10,18H2,1-3H3. The minimum atomic E-state index is 0.0849. The number of hydrogen-bond donors (Lipinski definition) is 1. The van der Waals surface area contributed by atoms with Crippen molar-refractivity contribution in [2.75, 3.05) is 7.05 Å². The molecule has 0 aliphatic heterocycles. The summed E-state index contributed by atoms with van der Waals surface area (Å²) >= 11 is 3.61. The SMILES string of the molecule is CCC(N)C(c1cnn(C)c1)N(C)Cc1ccccc1Br. The van der Waals surface area contributed by atoms with Gasteiger partial charge in [-0.1, -0.05) is 41.1 Å². The van der Waals surface area contributed by atoms with Crippen LogP contribution in [0.15, 0.2) is 41.1 Å². The largest absolute Gasteiger partial charge is 0.326 e. The predicted octanol–water partition coefficient (Wildman–Crippen LogP) is 3.09. The Morgan fingerprint density at radius 3 is 2.67 bits per heavy atom. The van der Waals surface area contributed by atoms with Gasteiger partial charge in [0, 0.05) is 35.9 Å².